The van der Waals surface area contributed by atoms with Crippen LogP contribution in [0, 0.1) is 23.7 Å². The van der Waals surface area contributed by atoms with E-state index in [1.54, 1.807) is 12.3 Å². The maximum Gasteiger partial charge on any atom is 0.242 e. The van der Waals surface area contributed by atoms with Gasteiger partial charge in [-0.2, -0.15) is 0 Å². The van der Waals surface area contributed by atoms with Crippen molar-refractivity contribution in [2.75, 3.05) is 6.54 Å². The number of nitrogens with zero attached hydrogens (tertiary/aromatic N) is 1. The molecule has 2 aliphatic carbocycles. The molecule has 0 spiro atoms. The molecular formula is C15H19N3O2S. The minimum absolute atomic E-state index is 0.0915. The molecule has 0 amide bonds. The SMILES string of the molecule is NCC#Cc1cncc(S(=O)(=O)NC(C2CC2)C2CC2)c1. The van der Waals surface area contributed by atoms with Crippen LogP contribution >= 0.6 is 0 Å². The van der Waals surface area contributed by atoms with E-state index >= 15 is 0 Å². The van der Waals surface area contributed by atoms with Crippen LogP contribution in [0.15, 0.2) is 23.4 Å². The molecule has 2 aliphatic rings. The summed E-state index contributed by atoms with van der Waals surface area (Å²) in [6, 6.07) is 1.64. The lowest BCUT2D eigenvalue weighted by atomic mass is 10.1. The van der Waals surface area contributed by atoms with Crippen LogP contribution < -0.4 is 10.5 Å². The predicted molar refractivity (Wildman–Crippen MR) is 79.7 cm³/mol. The van der Waals surface area contributed by atoms with Crippen molar-refractivity contribution in [2.45, 2.75) is 36.6 Å². The molecule has 2 saturated carbocycles. The van der Waals surface area contributed by atoms with Crippen LogP contribution in [0.2, 0.25) is 0 Å². The monoisotopic (exact) mass is 305 g/mol. The van der Waals surface area contributed by atoms with Crippen LogP contribution in [-0.4, -0.2) is 26.0 Å². The standard InChI is InChI=1S/C15H19N3O2S/c16-7-1-2-11-8-14(10-17-9-11)21(19,20)18-15(12-3-4-12)13-5-6-13/h8-10,12-13,15,18H,3-7,16H2. The van der Waals surface area contributed by atoms with Crippen LogP contribution in [0.1, 0.15) is 31.2 Å². The first kappa shape index (κ1) is 14.5. The Bertz CT molecular complexity index is 670. The van der Waals surface area contributed by atoms with Gasteiger partial charge in [0.05, 0.1) is 6.54 Å². The molecule has 0 radical (unpaired) electrons. The highest BCUT2D eigenvalue weighted by molar-refractivity contribution is 7.89. The minimum atomic E-state index is -3.53. The van der Waals surface area contributed by atoms with Crippen molar-refractivity contribution in [1.29, 1.82) is 0 Å². The summed E-state index contributed by atoms with van der Waals surface area (Å²) in [5.41, 5.74) is 5.89. The van der Waals surface area contributed by atoms with Gasteiger partial charge in [-0.05, 0) is 43.6 Å². The largest absolute Gasteiger partial charge is 0.320 e. The number of nitrogens with one attached hydrogen (secondary N) is 1. The minimum Gasteiger partial charge on any atom is -0.320 e. The average Bonchev–Trinajstić information content (AvgIpc) is 3.36. The smallest absolute Gasteiger partial charge is 0.242 e. The zero-order valence-electron chi connectivity index (χ0n) is 11.7. The molecule has 1 aromatic heterocycles. The molecule has 0 bridgehead atoms. The van der Waals surface area contributed by atoms with E-state index in [0.29, 0.717) is 17.4 Å². The van der Waals surface area contributed by atoms with Gasteiger partial charge in [0.15, 0.2) is 0 Å². The fourth-order valence-corrected chi connectivity index (χ4v) is 3.88. The Kier molecular flexibility index (Phi) is 3.98. The number of rotatable bonds is 5. The van der Waals surface area contributed by atoms with E-state index < -0.39 is 10.0 Å². The highest BCUT2D eigenvalue weighted by atomic mass is 32.2. The summed E-state index contributed by atoms with van der Waals surface area (Å²) in [6.45, 7) is 0.237. The van der Waals surface area contributed by atoms with Gasteiger partial charge in [0.2, 0.25) is 10.0 Å². The molecule has 0 aromatic carbocycles. The fraction of sp³-hybridized carbons (Fsp3) is 0.533. The van der Waals surface area contributed by atoms with Crippen LogP contribution in [0.4, 0.5) is 0 Å². The van der Waals surface area contributed by atoms with Crippen LogP contribution in [-0.2, 0) is 10.0 Å². The summed E-state index contributed by atoms with van der Waals surface area (Å²) < 4.78 is 27.9. The lowest BCUT2D eigenvalue weighted by molar-refractivity contribution is 0.471. The fourth-order valence-electron chi connectivity index (χ4n) is 2.52. The lowest BCUT2D eigenvalue weighted by Crippen LogP contribution is -2.38. The van der Waals surface area contributed by atoms with Gasteiger partial charge in [0, 0.05) is 24.0 Å². The molecule has 0 aliphatic heterocycles. The van der Waals surface area contributed by atoms with E-state index in [0.717, 1.165) is 25.7 Å². The molecule has 1 heterocycles. The maximum atomic E-state index is 12.5. The van der Waals surface area contributed by atoms with Gasteiger partial charge < -0.3 is 5.73 Å². The van der Waals surface area contributed by atoms with Crippen molar-refractivity contribution in [3.8, 4) is 11.8 Å². The normalized spacial score (nSPS) is 18.4. The zero-order chi connectivity index (χ0) is 14.9. The molecule has 3 rings (SSSR count). The van der Waals surface area contributed by atoms with E-state index in [9.17, 15) is 8.42 Å². The van der Waals surface area contributed by atoms with Crippen LogP contribution in [0.3, 0.4) is 0 Å². The molecule has 0 unspecified atom stereocenters. The van der Waals surface area contributed by atoms with E-state index in [1.807, 2.05) is 0 Å². The Morgan fingerprint density at radius 2 is 1.95 bits per heavy atom. The highest BCUT2D eigenvalue weighted by Gasteiger charge is 2.43. The first-order valence-electron chi connectivity index (χ1n) is 7.26. The summed E-state index contributed by atoms with van der Waals surface area (Å²) >= 11 is 0. The van der Waals surface area contributed by atoms with E-state index in [1.165, 1.54) is 6.20 Å². The average molecular weight is 305 g/mol. The van der Waals surface area contributed by atoms with Crippen molar-refractivity contribution in [3.05, 3.63) is 24.0 Å². The second kappa shape index (κ2) is 5.76. The molecular weight excluding hydrogens is 286 g/mol. The quantitative estimate of drug-likeness (QED) is 0.790. The predicted octanol–water partition coefficient (Wildman–Crippen LogP) is 0.859. The molecule has 6 heteroatoms. The summed E-state index contributed by atoms with van der Waals surface area (Å²) in [5, 5.41) is 0. The molecule has 112 valence electrons. The first-order valence-corrected chi connectivity index (χ1v) is 8.75. The summed E-state index contributed by atoms with van der Waals surface area (Å²) in [5.74, 6) is 6.54. The van der Waals surface area contributed by atoms with Gasteiger partial charge >= 0.3 is 0 Å². The Morgan fingerprint density at radius 1 is 1.29 bits per heavy atom. The Balaban J connectivity index is 1.80. The number of nitrogens with two attached hydrogens (primary N) is 1. The zero-order valence-corrected chi connectivity index (χ0v) is 12.6. The third kappa shape index (κ3) is 3.62. The van der Waals surface area contributed by atoms with Gasteiger partial charge in [-0.25, -0.2) is 13.1 Å². The van der Waals surface area contributed by atoms with Crippen LogP contribution in [0.25, 0.3) is 0 Å². The second-order valence-corrected chi connectivity index (χ2v) is 7.45. The highest BCUT2D eigenvalue weighted by Crippen LogP contribution is 2.45. The van der Waals surface area contributed by atoms with Gasteiger partial charge in [-0.3, -0.25) is 4.98 Å². The topological polar surface area (TPSA) is 85.1 Å². The molecule has 5 nitrogen and oxygen atoms in total. The lowest BCUT2D eigenvalue weighted by Gasteiger charge is -2.17. The van der Waals surface area contributed by atoms with Gasteiger partial charge in [0.1, 0.15) is 4.90 Å². The van der Waals surface area contributed by atoms with E-state index in [2.05, 4.69) is 21.5 Å². The van der Waals surface area contributed by atoms with Crippen molar-refractivity contribution < 1.29 is 8.42 Å². The summed E-state index contributed by atoms with van der Waals surface area (Å²) in [6.07, 6.45) is 7.43. The Hall–Kier alpha value is -1.42. The summed E-state index contributed by atoms with van der Waals surface area (Å²) in [4.78, 5) is 4.15. The molecule has 1 aromatic rings. The third-order valence-electron chi connectivity index (χ3n) is 3.91. The number of sulfonamides is 1. The number of hydrogen-bond acceptors (Lipinski definition) is 4. The van der Waals surface area contributed by atoms with E-state index in [4.69, 9.17) is 5.73 Å². The molecule has 0 atom stereocenters. The molecule has 2 fully saturated rings. The van der Waals surface area contributed by atoms with E-state index in [-0.39, 0.29) is 17.5 Å². The second-order valence-electron chi connectivity index (χ2n) is 5.74. The first-order chi connectivity index (χ1) is 10.1. The molecule has 0 saturated heterocycles. The van der Waals surface area contributed by atoms with Gasteiger partial charge in [-0.15, -0.1) is 0 Å². The van der Waals surface area contributed by atoms with Crippen molar-refractivity contribution in [2.24, 2.45) is 17.6 Å². The number of hydrogen-bond donors (Lipinski definition) is 2. The maximum absolute atomic E-state index is 12.5. The number of aromatic nitrogens is 1. The third-order valence-corrected chi connectivity index (χ3v) is 5.34. The van der Waals surface area contributed by atoms with Crippen LogP contribution in [0.5, 0.6) is 0 Å². The van der Waals surface area contributed by atoms with Crippen molar-refractivity contribution >= 4 is 10.0 Å². The Labute approximate surface area is 125 Å². The van der Waals surface area contributed by atoms with Crippen molar-refractivity contribution in [1.82, 2.24) is 9.71 Å². The van der Waals surface area contributed by atoms with Gasteiger partial charge in [-0.1, -0.05) is 11.8 Å². The summed E-state index contributed by atoms with van der Waals surface area (Å²) in [7, 11) is -3.53. The van der Waals surface area contributed by atoms with Crippen molar-refractivity contribution in [3.63, 3.8) is 0 Å². The van der Waals surface area contributed by atoms with Gasteiger partial charge in [0.25, 0.3) is 0 Å². The molecule has 3 N–H and O–H groups in total. The molecule has 21 heavy (non-hydrogen) atoms. The number of pyridine rings is 1. The Morgan fingerprint density at radius 3 is 2.52 bits per heavy atom.